The van der Waals surface area contributed by atoms with E-state index >= 15 is 0 Å². The van der Waals surface area contributed by atoms with Crippen molar-refractivity contribution in [1.82, 2.24) is 9.96 Å². The molecule has 0 aromatic heterocycles. The Kier molecular flexibility index (Phi) is 5.44. The standard InChI is InChI=1S/C23H36N2O2/c1-21(2)15-19(24(20(21)26)16-18-11-8-7-9-12-18)17-27-25-22(3,4)13-10-14-23(25,5)6/h7-9,11-12,19H,10,13-17H2,1-6H3. The Bertz CT molecular complexity index is 650. The summed E-state index contributed by atoms with van der Waals surface area (Å²) in [6, 6.07) is 10.4. The molecule has 1 atom stereocenters. The maximum absolute atomic E-state index is 13.0. The third-order valence-corrected chi connectivity index (χ3v) is 6.30. The highest BCUT2D eigenvalue weighted by molar-refractivity contribution is 5.84. The first-order valence-electron chi connectivity index (χ1n) is 10.3. The van der Waals surface area contributed by atoms with Gasteiger partial charge in [-0.15, -0.1) is 0 Å². The summed E-state index contributed by atoms with van der Waals surface area (Å²) in [6.45, 7) is 14.4. The summed E-state index contributed by atoms with van der Waals surface area (Å²) in [6.07, 6.45) is 4.35. The summed E-state index contributed by atoms with van der Waals surface area (Å²) in [7, 11) is 0. The third-order valence-electron chi connectivity index (χ3n) is 6.30. The van der Waals surface area contributed by atoms with E-state index in [4.69, 9.17) is 4.84 Å². The number of piperidine rings is 1. The Balaban J connectivity index is 1.74. The van der Waals surface area contributed by atoms with Crippen LogP contribution in [0.2, 0.25) is 0 Å². The molecule has 2 fully saturated rings. The lowest BCUT2D eigenvalue weighted by molar-refractivity contribution is -0.285. The van der Waals surface area contributed by atoms with Crippen LogP contribution < -0.4 is 0 Å². The van der Waals surface area contributed by atoms with Crippen molar-refractivity contribution in [3.05, 3.63) is 35.9 Å². The molecule has 1 unspecified atom stereocenters. The summed E-state index contributed by atoms with van der Waals surface area (Å²) in [5.41, 5.74) is 0.886. The van der Waals surface area contributed by atoms with Crippen molar-refractivity contribution in [2.45, 2.75) is 90.9 Å². The van der Waals surface area contributed by atoms with Crippen LogP contribution in [0, 0.1) is 5.41 Å². The van der Waals surface area contributed by atoms with Crippen LogP contribution in [-0.4, -0.2) is 39.6 Å². The number of amides is 1. The summed E-state index contributed by atoms with van der Waals surface area (Å²) in [4.78, 5) is 21.5. The Labute approximate surface area is 164 Å². The molecule has 1 aromatic rings. The van der Waals surface area contributed by atoms with E-state index in [2.05, 4.69) is 58.7 Å². The van der Waals surface area contributed by atoms with E-state index in [-0.39, 0.29) is 28.4 Å². The lowest BCUT2D eigenvalue weighted by atomic mass is 9.82. The summed E-state index contributed by atoms with van der Waals surface area (Å²) in [5.74, 6) is 0.233. The first-order chi connectivity index (χ1) is 12.5. The molecule has 1 aromatic carbocycles. The second kappa shape index (κ2) is 7.21. The molecule has 0 bridgehead atoms. The van der Waals surface area contributed by atoms with E-state index in [0.29, 0.717) is 13.2 Å². The Morgan fingerprint density at radius 3 is 2.19 bits per heavy atom. The van der Waals surface area contributed by atoms with Crippen LogP contribution in [0.5, 0.6) is 0 Å². The van der Waals surface area contributed by atoms with Crippen molar-refractivity contribution < 1.29 is 9.63 Å². The number of rotatable bonds is 5. The van der Waals surface area contributed by atoms with Gasteiger partial charge in [-0.2, -0.15) is 5.06 Å². The van der Waals surface area contributed by atoms with E-state index < -0.39 is 0 Å². The normalized spacial score (nSPS) is 27.1. The number of hydroxylamine groups is 2. The van der Waals surface area contributed by atoms with Gasteiger partial charge in [0.2, 0.25) is 5.91 Å². The van der Waals surface area contributed by atoms with Gasteiger partial charge in [-0.25, -0.2) is 0 Å². The van der Waals surface area contributed by atoms with Gasteiger partial charge in [0.05, 0.1) is 12.6 Å². The SMILES string of the molecule is CC1(C)CC(CON2C(C)(C)CCCC2(C)C)N(Cc2ccccc2)C1=O. The van der Waals surface area contributed by atoms with Crippen molar-refractivity contribution in [3.8, 4) is 0 Å². The summed E-state index contributed by atoms with van der Waals surface area (Å²) in [5, 5.41) is 2.21. The van der Waals surface area contributed by atoms with Gasteiger partial charge in [-0.1, -0.05) is 44.2 Å². The predicted molar refractivity (Wildman–Crippen MR) is 109 cm³/mol. The van der Waals surface area contributed by atoms with Gasteiger partial charge < -0.3 is 4.90 Å². The van der Waals surface area contributed by atoms with Crippen molar-refractivity contribution in [2.75, 3.05) is 6.61 Å². The molecule has 150 valence electrons. The number of likely N-dealkylation sites (tertiary alicyclic amines) is 1. The fraction of sp³-hybridized carbons (Fsp3) is 0.696. The zero-order valence-electron chi connectivity index (χ0n) is 17.9. The zero-order valence-corrected chi connectivity index (χ0v) is 17.9. The van der Waals surface area contributed by atoms with Crippen molar-refractivity contribution in [3.63, 3.8) is 0 Å². The maximum atomic E-state index is 13.0. The molecule has 1 amide bonds. The highest BCUT2D eigenvalue weighted by Crippen LogP contribution is 2.40. The number of benzene rings is 1. The van der Waals surface area contributed by atoms with Crippen LogP contribution >= 0.6 is 0 Å². The number of carbonyl (C=O) groups is 1. The topological polar surface area (TPSA) is 32.8 Å². The number of hydrogen-bond acceptors (Lipinski definition) is 3. The molecule has 2 aliphatic rings. The van der Waals surface area contributed by atoms with Gasteiger partial charge in [0.1, 0.15) is 0 Å². The van der Waals surface area contributed by atoms with Crippen molar-refractivity contribution in [2.24, 2.45) is 5.41 Å². The summed E-state index contributed by atoms with van der Waals surface area (Å²) < 4.78 is 0. The molecule has 0 spiro atoms. The Morgan fingerprint density at radius 1 is 1.00 bits per heavy atom. The molecule has 4 heteroatoms. The average Bonchev–Trinajstić information content (AvgIpc) is 2.77. The highest BCUT2D eigenvalue weighted by atomic mass is 16.7. The van der Waals surface area contributed by atoms with Crippen LogP contribution in [-0.2, 0) is 16.2 Å². The zero-order chi connectivity index (χ0) is 19.9. The van der Waals surface area contributed by atoms with Crippen LogP contribution in [0.15, 0.2) is 30.3 Å². The van der Waals surface area contributed by atoms with Gasteiger partial charge in [-0.3, -0.25) is 9.63 Å². The molecule has 0 N–H and O–H groups in total. The van der Waals surface area contributed by atoms with E-state index in [1.54, 1.807) is 0 Å². The van der Waals surface area contributed by atoms with Gasteiger partial charge >= 0.3 is 0 Å². The van der Waals surface area contributed by atoms with Gasteiger partial charge in [0.15, 0.2) is 0 Å². The average molecular weight is 373 g/mol. The minimum absolute atomic E-state index is 0.0180. The van der Waals surface area contributed by atoms with E-state index in [0.717, 1.165) is 19.3 Å². The van der Waals surface area contributed by atoms with Gasteiger partial charge in [0, 0.05) is 23.0 Å². The number of carbonyl (C=O) groups excluding carboxylic acids is 1. The molecule has 2 heterocycles. The monoisotopic (exact) mass is 372 g/mol. The molecule has 2 aliphatic heterocycles. The van der Waals surface area contributed by atoms with Gasteiger partial charge in [0.25, 0.3) is 0 Å². The van der Waals surface area contributed by atoms with Crippen LogP contribution in [0.1, 0.15) is 72.8 Å². The molecule has 4 nitrogen and oxygen atoms in total. The lowest BCUT2D eigenvalue weighted by Crippen LogP contribution is -2.59. The van der Waals surface area contributed by atoms with Crippen LogP contribution in [0.3, 0.4) is 0 Å². The first kappa shape index (κ1) is 20.3. The molecule has 0 saturated carbocycles. The smallest absolute Gasteiger partial charge is 0.228 e. The molecule has 0 radical (unpaired) electrons. The Hall–Kier alpha value is -1.39. The molecule has 3 rings (SSSR count). The van der Waals surface area contributed by atoms with Crippen molar-refractivity contribution in [1.29, 1.82) is 0 Å². The second-order valence-corrected chi connectivity index (χ2v) is 10.2. The molecular formula is C23H36N2O2. The lowest BCUT2D eigenvalue weighted by Gasteiger charge is -2.51. The summed E-state index contributed by atoms with van der Waals surface area (Å²) >= 11 is 0. The van der Waals surface area contributed by atoms with E-state index in [1.165, 1.54) is 12.0 Å². The maximum Gasteiger partial charge on any atom is 0.228 e. The quantitative estimate of drug-likeness (QED) is 0.745. The van der Waals surface area contributed by atoms with Gasteiger partial charge in [-0.05, 0) is 58.9 Å². The van der Waals surface area contributed by atoms with E-state index in [1.807, 2.05) is 23.1 Å². The molecule has 2 saturated heterocycles. The minimum Gasteiger partial charge on any atom is -0.332 e. The minimum atomic E-state index is -0.324. The number of hydrogen-bond donors (Lipinski definition) is 0. The van der Waals surface area contributed by atoms with Crippen LogP contribution in [0.25, 0.3) is 0 Å². The fourth-order valence-electron chi connectivity index (χ4n) is 4.96. The number of nitrogens with zero attached hydrogens (tertiary/aromatic N) is 2. The van der Waals surface area contributed by atoms with Crippen molar-refractivity contribution >= 4 is 5.91 Å². The molecular weight excluding hydrogens is 336 g/mol. The second-order valence-electron chi connectivity index (χ2n) is 10.2. The Morgan fingerprint density at radius 2 is 1.59 bits per heavy atom. The van der Waals surface area contributed by atoms with Crippen LogP contribution in [0.4, 0.5) is 0 Å². The fourth-order valence-corrected chi connectivity index (χ4v) is 4.96. The first-order valence-corrected chi connectivity index (χ1v) is 10.3. The third kappa shape index (κ3) is 4.22. The largest absolute Gasteiger partial charge is 0.332 e. The predicted octanol–water partition coefficient (Wildman–Crippen LogP) is 4.79. The molecule has 27 heavy (non-hydrogen) atoms. The van der Waals surface area contributed by atoms with E-state index in [9.17, 15) is 4.79 Å². The highest BCUT2D eigenvalue weighted by Gasteiger charge is 2.47. The molecule has 0 aliphatic carbocycles.